The van der Waals surface area contributed by atoms with Crippen LogP contribution < -0.4 is 0 Å². The Labute approximate surface area is 524 Å². The highest BCUT2D eigenvalue weighted by Crippen LogP contribution is 2.45. The predicted molar refractivity (Wildman–Crippen MR) is 345 cm³/mol. The van der Waals surface area contributed by atoms with Crippen LogP contribution in [-0.4, -0.2) is 96.7 Å². The number of rotatable bonds is 66. The largest absolute Gasteiger partial charge is 0.472 e. The number of phosphoric ester groups is 2. The number of carbonyl (C=O) groups is 4. The third kappa shape index (κ3) is 60.9. The van der Waals surface area contributed by atoms with Crippen LogP contribution in [-0.2, 0) is 65.4 Å². The van der Waals surface area contributed by atoms with E-state index in [-0.39, 0.29) is 25.7 Å². The summed E-state index contributed by atoms with van der Waals surface area (Å²) in [5, 5.41) is 10.6. The Kier molecular flexibility index (Phi) is 58.0. The molecule has 0 fully saturated rings. The van der Waals surface area contributed by atoms with Crippen LogP contribution in [0, 0.1) is 11.8 Å². The van der Waals surface area contributed by atoms with E-state index in [2.05, 4.69) is 41.5 Å². The normalized spacial score (nSPS) is 14.2. The van der Waals surface area contributed by atoms with Crippen LogP contribution in [0.25, 0.3) is 0 Å². The second-order valence-corrected chi connectivity index (χ2v) is 28.1. The summed E-state index contributed by atoms with van der Waals surface area (Å²) in [7, 11) is -9.89. The summed E-state index contributed by atoms with van der Waals surface area (Å²) in [6.07, 6.45) is 43.0. The minimum absolute atomic E-state index is 0.106. The number of aliphatic hydroxyl groups excluding tert-OH is 1. The first kappa shape index (κ1) is 84.1. The van der Waals surface area contributed by atoms with Crippen molar-refractivity contribution >= 4 is 39.5 Å². The molecule has 0 heterocycles. The maximum absolute atomic E-state index is 13.0. The van der Waals surface area contributed by atoms with Crippen molar-refractivity contribution in [3.8, 4) is 0 Å². The Balaban J connectivity index is 5.25. The molecule has 0 saturated heterocycles. The van der Waals surface area contributed by atoms with Crippen molar-refractivity contribution in [2.75, 3.05) is 39.6 Å². The molecule has 0 spiro atoms. The van der Waals surface area contributed by atoms with E-state index in [4.69, 9.17) is 37.0 Å². The fourth-order valence-corrected chi connectivity index (χ4v) is 11.6. The lowest BCUT2D eigenvalue weighted by atomic mass is 10.0. The van der Waals surface area contributed by atoms with Crippen LogP contribution in [0.5, 0.6) is 0 Å². The van der Waals surface area contributed by atoms with Gasteiger partial charge < -0.3 is 33.8 Å². The van der Waals surface area contributed by atoms with Crippen LogP contribution in [0.2, 0.25) is 0 Å². The topological polar surface area (TPSA) is 237 Å². The number of carbonyl (C=O) groups excluding carboxylic acids is 4. The number of esters is 4. The molecule has 86 heavy (non-hydrogen) atoms. The van der Waals surface area contributed by atoms with Crippen molar-refractivity contribution in [3.63, 3.8) is 0 Å². The van der Waals surface area contributed by atoms with Gasteiger partial charge in [0.15, 0.2) is 12.2 Å². The van der Waals surface area contributed by atoms with Crippen molar-refractivity contribution in [2.45, 2.75) is 355 Å². The molecule has 0 rings (SSSR count). The van der Waals surface area contributed by atoms with E-state index < -0.39 is 97.5 Å². The predicted octanol–water partition coefficient (Wildman–Crippen LogP) is 18.8. The van der Waals surface area contributed by atoms with E-state index in [9.17, 15) is 43.2 Å². The van der Waals surface area contributed by atoms with Crippen molar-refractivity contribution < 1.29 is 80.2 Å². The van der Waals surface area contributed by atoms with Crippen molar-refractivity contribution in [2.24, 2.45) is 11.8 Å². The maximum atomic E-state index is 13.0. The molecule has 0 aliphatic heterocycles. The first-order chi connectivity index (χ1) is 41.4. The van der Waals surface area contributed by atoms with Gasteiger partial charge in [-0.05, 0) is 37.5 Å². The summed E-state index contributed by atoms with van der Waals surface area (Å²) < 4.78 is 68.1. The molecule has 0 saturated carbocycles. The van der Waals surface area contributed by atoms with Gasteiger partial charge in [-0.1, -0.05) is 286 Å². The van der Waals surface area contributed by atoms with Crippen molar-refractivity contribution in [1.82, 2.24) is 0 Å². The zero-order valence-electron chi connectivity index (χ0n) is 55.6. The number of hydrogen-bond acceptors (Lipinski definition) is 15. The van der Waals surface area contributed by atoms with E-state index in [0.717, 1.165) is 102 Å². The standard InChI is InChI=1S/C67H130O17P2/c1-7-9-11-13-15-17-19-20-22-26-33-40-46-52-67(72)83-62(55-77-64(69)49-43-37-31-27-23-24-29-35-41-47-59(3)4)57-81-85(73,74)79-53-61(68)54-80-86(75,76)82-58-63(56-78-65(70)50-44-38-34-28-30-36-42-48-60(5)6)84-66(71)51-45-39-32-25-21-18-16-14-12-10-8-2/h59-63,68H,7-58H2,1-6H3,(H,73,74)(H,75,76)/t61-,62-,63-/m1/s1. The number of unbranched alkanes of at least 4 members (excludes halogenated alkanes) is 36. The van der Waals surface area contributed by atoms with Gasteiger partial charge in [-0.15, -0.1) is 0 Å². The van der Waals surface area contributed by atoms with Crippen molar-refractivity contribution in [3.05, 3.63) is 0 Å². The van der Waals surface area contributed by atoms with Crippen molar-refractivity contribution in [1.29, 1.82) is 0 Å². The van der Waals surface area contributed by atoms with Crippen LogP contribution in [0.3, 0.4) is 0 Å². The number of hydrogen-bond donors (Lipinski definition) is 3. The van der Waals surface area contributed by atoms with Crippen LogP contribution >= 0.6 is 15.6 Å². The summed E-state index contributed by atoms with van der Waals surface area (Å²) in [5.41, 5.74) is 0. The van der Waals surface area contributed by atoms with E-state index in [1.54, 1.807) is 0 Å². The third-order valence-electron chi connectivity index (χ3n) is 15.5. The average Bonchev–Trinajstić information content (AvgIpc) is 3.69. The van der Waals surface area contributed by atoms with Gasteiger partial charge in [-0.25, -0.2) is 9.13 Å². The number of phosphoric acid groups is 2. The Bertz CT molecular complexity index is 1680. The van der Waals surface area contributed by atoms with Crippen LogP contribution in [0.4, 0.5) is 0 Å². The second kappa shape index (κ2) is 59.4. The molecule has 19 heteroatoms. The number of ether oxygens (including phenoxy) is 4. The highest BCUT2D eigenvalue weighted by atomic mass is 31.2. The molecule has 3 N–H and O–H groups in total. The Morgan fingerprint density at radius 1 is 0.314 bits per heavy atom. The average molecular weight is 1270 g/mol. The molecule has 0 bridgehead atoms. The lowest BCUT2D eigenvalue weighted by Crippen LogP contribution is -2.30. The Morgan fingerprint density at radius 2 is 0.535 bits per heavy atom. The van der Waals surface area contributed by atoms with Gasteiger partial charge >= 0.3 is 39.5 Å². The zero-order chi connectivity index (χ0) is 63.6. The Morgan fingerprint density at radius 3 is 0.791 bits per heavy atom. The summed E-state index contributed by atoms with van der Waals surface area (Å²) in [6, 6.07) is 0. The number of aliphatic hydroxyl groups is 1. The Hall–Kier alpha value is -1.94. The van der Waals surface area contributed by atoms with Gasteiger partial charge in [-0.2, -0.15) is 0 Å². The summed E-state index contributed by atoms with van der Waals surface area (Å²) in [6.45, 7) is 9.45. The van der Waals surface area contributed by atoms with Gasteiger partial charge in [0.25, 0.3) is 0 Å². The zero-order valence-corrected chi connectivity index (χ0v) is 57.4. The van der Waals surface area contributed by atoms with Crippen LogP contribution in [0.1, 0.15) is 337 Å². The van der Waals surface area contributed by atoms with E-state index in [1.165, 1.54) is 148 Å². The monoisotopic (exact) mass is 1270 g/mol. The molecular formula is C67H130O17P2. The fourth-order valence-electron chi connectivity index (χ4n) is 10.1. The quantitative estimate of drug-likeness (QED) is 0.0222. The molecule has 0 radical (unpaired) electrons. The molecule has 0 aliphatic rings. The van der Waals surface area contributed by atoms with E-state index in [1.807, 2.05) is 0 Å². The fraction of sp³-hybridized carbons (Fsp3) is 0.940. The molecule has 0 aromatic rings. The molecule has 510 valence electrons. The summed E-state index contributed by atoms with van der Waals surface area (Å²) in [4.78, 5) is 72.4. The SMILES string of the molecule is CCCCCCCCCCCCCCCC(=O)O[C@H](COC(=O)CCCCCCCCCCCC(C)C)COP(=O)(O)OC[C@@H](O)COP(=O)(O)OC[C@@H](COC(=O)CCCCCCCCCC(C)C)OC(=O)CCCCCCCCCCCCC. The lowest BCUT2D eigenvalue weighted by Gasteiger charge is -2.21. The van der Waals surface area contributed by atoms with Gasteiger partial charge in [0.2, 0.25) is 0 Å². The second-order valence-electron chi connectivity index (χ2n) is 25.2. The molecule has 5 atom stereocenters. The molecular weight excluding hydrogens is 1140 g/mol. The molecule has 0 amide bonds. The van der Waals surface area contributed by atoms with Crippen LogP contribution in [0.15, 0.2) is 0 Å². The van der Waals surface area contributed by atoms with Gasteiger partial charge in [0.05, 0.1) is 26.4 Å². The van der Waals surface area contributed by atoms with E-state index in [0.29, 0.717) is 31.6 Å². The highest BCUT2D eigenvalue weighted by molar-refractivity contribution is 7.47. The summed E-state index contributed by atoms with van der Waals surface area (Å²) >= 11 is 0. The van der Waals surface area contributed by atoms with E-state index >= 15 is 0 Å². The minimum Gasteiger partial charge on any atom is -0.462 e. The van der Waals surface area contributed by atoms with Gasteiger partial charge in [-0.3, -0.25) is 37.3 Å². The molecule has 0 aromatic carbocycles. The molecule has 0 aromatic heterocycles. The minimum atomic E-state index is -4.95. The van der Waals surface area contributed by atoms with Gasteiger partial charge in [0, 0.05) is 25.7 Å². The molecule has 2 unspecified atom stereocenters. The highest BCUT2D eigenvalue weighted by Gasteiger charge is 2.30. The molecule has 0 aliphatic carbocycles. The maximum Gasteiger partial charge on any atom is 0.472 e. The van der Waals surface area contributed by atoms with Gasteiger partial charge in [0.1, 0.15) is 19.3 Å². The lowest BCUT2D eigenvalue weighted by molar-refractivity contribution is -0.161. The summed E-state index contributed by atoms with van der Waals surface area (Å²) in [5.74, 6) is -0.679. The third-order valence-corrected chi connectivity index (χ3v) is 17.4. The first-order valence-corrected chi connectivity index (χ1v) is 38.0. The smallest absolute Gasteiger partial charge is 0.462 e. The molecule has 17 nitrogen and oxygen atoms in total. The first-order valence-electron chi connectivity index (χ1n) is 35.0.